The molecule has 0 heteroatoms. The summed E-state index contributed by atoms with van der Waals surface area (Å²) in [6, 6.07) is 0. The lowest BCUT2D eigenvalue weighted by molar-refractivity contribution is 0.284. The van der Waals surface area contributed by atoms with Gasteiger partial charge in [-0.3, -0.25) is 0 Å². The number of unbranched alkanes of at least 4 members (excludes halogenated alkanes) is 1. The molecule has 1 aliphatic carbocycles. The Kier molecular flexibility index (Phi) is 6.52. The van der Waals surface area contributed by atoms with E-state index >= 15 is 0 Å². The van der Waals surface area contributed by atoms with E-state index in [0.29, 0.717) is 0 Å². The van der Waals surface area contributed by atoms with Gasteiger partial charge in [-0.25, -0.2) is 0 Å². The lowest BCUT2D eigenvalue weighted by atomic mass is 9.78. The summed E-state index contributed by atoms with van der Waals surface area (Å²) in [5.41, 5.74) is 0. The summed E-state index contributed by atoms with van der Waals surface area (Å²) >= 11 is 0. The van der Waals surface area contributed by atoms with Crippen molar-refractivity contribution in [2.24, 2.45) is 17.8 Å². The highest BCUT2D eigenvalue weighted by Gasteiger charge is 2.20. The second kappa shape index (κ2) is 7.70. The van der Waals surface area contributed by atoms with Gasteiger partial charge in [-0.1, -0.05) is 51.5 Å². The maximum absolute atomic E-state index is 2.46. The van der Waals surface area contributed by atoms with E-state index < -0.39 is 0 Å². The molecular formula is C16H28. The van der Waals surface area contributed by atoms with Crippen LogP contribution in [0, 0.1) is 17.8 Å². The molecule has 0 N–H and O–H groups in total. The molecule has 0 fully saturated rings. The highest BCUT2D eigenvalue weighted by Crippen LogP contribution is 2.31. The average Bonchev–Trinajstić information content (AvgIpc) is 2.34. The van der Waals surface area contributed by atoms with Crippen LogP contribution in [0.2, 0.25) is 0 Å². The molecule has 0 aromatic rings. The third-order valence-corrected chi connectivity index (χ3v) is 3.99. The van der Waals surface area contributed by atoms with Crippen molar-refractivity contribution in [3.8, 4) is 0 Å². The molecule has 0 aromatic carbocycles. The maximum Gasteiger partial charge on any atom is -0.0205 e. The van der Waals surface area contributed by atoms with Crippen LogP contribution in [-0.4, -0.2) is 0 Å². The number of allylic oxidation sites excluding steroid dienone is 4. The molecule has 0 aromatic heterocycles. The quantitative estimate of drug-likeness (QED) is 0.528. The van der Waals surface area contributed by atoms with Crippen LogP contribution in [-0.2, 0) is 0 Å². The minimum atomic E-state index is 0.820. The lowest BCUT2D eigenvalue weighted by Gasteiger charge is -2.28. The summed E-state index contributed by atoms with van der Waals surface area (Å²) < 4.78 is 0. The fraction of sp³-hybridized carbons (Fsp3) is 0.750. The smallest absolute Gasteiger partial charge is 0.0205 e. The fourth-order valence-corrected chi connectivity index (χ4v) is 2.51. The third kappa shape index (κ3) is 4.55. The maximum atomic E-state index is 2.46. The van der Waals surface area contributed by atoms with E-state index in [1.54, 1.807) is 0 Å². The van der Waals surface area contributed by atoms with Crippen molar-refractivity contribution >= 4 is 0 Å². The standard InChI is InChI=1S/C16H28/c1-4-5-6-8-11-14(2)15(3)16-12-9-7-10-13-16/h6,8-9,12,14-16H,4-5,7,10-11,13H2,1-3H3/b8-6-. The van der Waals surface area contributed by atoms with E-state index in [1.165, 1.54) is 38.5 Å². The second-order valence-electron chi connectivity index (χ2n) is 5.36. The third-order valence-electron chi connectivity index (χ3n) is 3.99. The highest BCUT2D eigenvalue weighted by molar-refractivity contribution is 4.96. The van der Waals surface area contributed by atoms with Gasteiger partial charge in [0.05, 0.1) is 0 Å². The molecule has 0 radical (unpaired) electrons. The molecule has 0 spiro atoms. The minimum Gasteiger partial charge on any atom is -0.0885 e. The Labute approximate surface area is 102 Å². The summed E-state index contributed by atoms with van der Waals surface area (Å²) in [6.45, 7) is 7.07. The largest absolute Gasteiger partial charge is 0.0885 e. The first-order valence-electron chi connectivity index (χ1n) is 7.07. The molecule has 0 aliphatic heterocycles. The van der Waals surface area contributed by atoms with Crippen molar-refractivity contribution in [1.82, 2.24) is 0 Å². The first-order valence-corrected chi connectivity index (χ1v) is 7.07. The molecule has 92 valence electrons. The monoisotopic (exact) mass is 220 g/mol. The number of hydrogen-bond donors (Lipinski definition) is 0. The normalized spacial score (nSPS) is 24.8. The van der Waals surface area contributed by atoms with Crippen molar-refractivity contribution in [1.29, 1.82) is 0 Å². The Morgan fingerprint density at radius 3 is 2.75 bits per heavy atom. The topological polar surface area (TPSA) is 0 Å². The van der Waals surface area contributed by atoms with Crippen LogP contribution in [0.3, 0.4) is 0 Å². The molecule has 1 rings (SSSR count). The zero-order valence-corrected chi connectivity index (χ0v) is 11.3. The summed E-state index contributed by atoms with van der Waals surface area (Å²) in [4.78, 5) is 0. The van der Waals surface area contributed by atoms with Gasteiger partial charge in [-0.15, -0.1) is 0 Å². The van der Waals surface area contributed by atoms with Crippen molar-refractivity contribution in [3.05, 3.63) is 24.3 Å². The molecule has 3 unspecified atom stereocenters. The molecule has 3 atom stereocenters. The van der Waals surface area contributed by atoms with Crippen molar-refractivity contribution < 1.29 is 0 Å². The fourth-order valence-electron chi connectivity index (χ4n) is 2.51. The van der Waals surface area contributed by atoms with Crippen LogP contribution >= 0.6 is 0 Å². The van der Waals surface area contributed by atoms with E-state index in [0.717, 1.165) is 17.8 Å². The van der Waals surface area contributed by atoms with Crippen molar-refractivity contribution in [3.63, 3.8) is 0 Å². The lowest BCUT2D eigenvalue weighted by Crippen LogP contribution is -2.18. The summed E-state index contributed by atoms with van der Waals surface area (Å²) in [5.74, 6) is 2.49. The van der Waals surface area contributed by atoms with Crippen molar-refractivity contribution in [2.75, 3.05) is 0 Å². The number of hydrogen-bond acceptors (Lipinski definition) is 0. The van der Waals surface area contributed by atoms with Gasteiger partial charge in [0.1, 0.15) is 0 Å². The Hall–Kier alpha value is -0.520. The van der Waals surface area contributed by atoms with Crippen LogP contribution in [0.4, 0.5) is 0 Å². The van der Waals surface area contributed by atoms with E-state index in [-0.39, 0.29) is 0 Å². The van der Waals surface area contributed by atoms with E-state index in [9.17, 15) is 0 Å². The van der Waals surface area contributed by atoms with Gasteiger partial charge >= 0.3 is 0 Å². The summed E-state index contributed by atoms with van der Waals surface area (Å²) in [6.07, 6.45) is 17.4. The first-order chi connectivity index (χ1) is 7.75. The van der Waals surface area contributed by atoms with Crippen LogP contribution in [0.25, 0.3) is 0 Å². The van der Waals surface area contributed by atoms with E-state index in [1.807, 2.05) is 0 Å². The predicted molar refractivity (Wildman–Crippen MR) is 73.5 cm³/mol. The van der Waals surface area contributed by atoms with Gasteiger partial charge in [-0.05, 0) is 49.9 Å². The number of rotatable bonds is 6. The Bertz CT molecular complexity index is 224. The molecule has 0 bridgehead atoms. The Morgan fingerprint density at radius 1 is 1.31 bits per heavy atom. The highest BCUT2D eigenvalue weighted by atomic mass is 14.3. The van der Waals surface area contributed by atoms with Crippen LogP contribution < -0.4 is 0 Å². The van der Waals surface area contributed by atoms with Gasteiger partial charge < -0.3 is 0 Å². The molecular weight excluding hydrogens is 192 g/mol. The molecule has 0 saturated heterocycles. The second-order valence-corrected chi connectivity index (χ2v) is 5.36. The van der Waals surface area contributed by atoms with E-state index in [4.69, 9.17) is 0 Å². The van der Waals surface area contributed by atoms with Gasteiger partial charge in [0, 0.05) is 0 Å². The van der Waals surface area contributed by atoms with Crippen molar-refractivity contribution in [2.45, 2.75) is 59.3 Å². The molecule has 0 saturated carbocycles. The Balaban J connectivity index is 2.31. The zero-order valence-electron chi connectivity index (χ0n) is 11.3. The van der Waals surface area contributed by atoms with Crippen LogP contribution in [0.15, 0.2) is 24.3 Å². The molecule has 0 nitrogen and oxygen atoms in total. The molecule has 1 aliphatic rings. The predicted octanol–water partition coefficient (Wildman–Crippen LogP) is 5.36. The summed E-state index contributed by atoms with van der Waals surface area (Å²) in [7, 11) is 0. The van der Waals surface area contributed by atoms with Crippen LogP contribution in [0.5, 0.6) is 0 Å². The van der Waals surface area contributed by atoms with E-state index in [2.05, 4.69) is 45.1 Å². The Morgan fingerprint density at radius 2 is 2.12 bits per heavy atom. The molecule has 0 amide bonds. The van der Waals surface area contributed by atoms with Gasteiger partial charge in [0.15, 0.2) is 0 Å². The first kappa shape index (κ1) is 13.5. The summed E-state index contributed by atoms with van der Waals surface area (Å²) in [5, 5.41) is 0. The molecule has 16 heavy (non-hydrogen) atoms. The van der Waals surface area contributed by atoms with Crippen LogP contribution in [0.1, 0.15) is 59.3 Å². The van der Waals surface area contributed by atoms with Gasteiger partial charge in [0.25, 0.3) is 0 Å². The minimum absolute atomic E-state index is 0.820. The zero-order chi connectivity index (χ0) is 11.8. The average molecular weight is 220 g/mol. The van der Waals surface area contributed by atoms with Gasteiger partial charge in [-0.2, -0.15) is 0 Å². The van der Waals surface area contributed by atoms with Gasteiger partial charge in [0.2, 0.25) is 0 Å². The molecule has 0 heterocycles. The SMILES string of the molecule is CCC/C=C\CC(C)C(C)C1C=CCCC1.